The first-order valence-electron chi connectivity index (χ1n) is 4.74. The van der Waals surface area contributed by atoms with E-state index in [2.05, 4.69) is 5.10 Å². The molecular formula is C9H15N3O. The number of hydrogen-bond donors (Lipinski definition) is 2. The Hall–Kier alpha value is -0.870. The van der Waals surface area contributed by atoms with Crippen molar-refractivity contribution < 1.29 is 5.11 Å². The van der Waals surface area contributed by atoms with Gasteiger partial charge < -0.3 is 10.8 Å². The number of aromatic nitrogens is 2. The molecule has 4 nitrogen and oxygen atoms in total. The van der Waals surface area contributed by atoms with Crippen LogP contribution in [0.1, 0.15) is 37.1 Å². The average molecular weight is 181 g/mol. The zero-order valence-corrected chi connectivity index (χ0v) is 7.56. The lowest BCUT2D eigenvalue weighted by Gasteiger charge is -2.28. The largest absolute Gasteiger partial charge is 0.385 e. The van der Waals surface area contributed by atoms with Gasteiger partial charge in [0.05, 0.1) is 11.7 Å². The Morgan fingerprint density at radius 1 is 1.69 bits per heavy atom. The van der Waals surface area contributed by atoms with Crippen LogP contribution in [-0.2, 0) is 0 Å². The first-order chi connectivity index (χ1) is 6.33. The molecule has 2 rings (SSSR count). The minimum atomic E-state index is -0.567. The van der Waals surface area contributed by atoms with Crippen LogP contribution in [0.4, 0.5) is 0 Å². The molecule has 0 radical (unpaired) electrons. The van der Waals surface area contributed by atoms with Crippen molar-refractivity contribution in [3.8, 4) is 0 Å². The molecule has 0 aliphatic heterocycles. The fraction of sp³-hybridized carbons (Fsp3) is 0.667. The van der Waals surface area contributed by atoms with E-state index in [1.165, 1.54) is 19.3 Å². The van der Waals surface area contributed by atoms with Crippen LogP contribution in [0.15, 0.2) is 12.3 Å². The summed E-state index contributed by atoms with van der Waals surface area (Å²) in [6.07, 6.45) is 4.77. The Labute approximate surface area is 77.4 Å². The van der Waals surface area contributed by atoms with Crippen molar-refractivity contribution in [1.82, 2.24) is 9.78 Å². The molecule has 0 aromatic carbocycles. The maximum atomic E-state index is 9.58. The molecule has 1 saturated carbocycles. The fourth-order valence-corrected chi connectivity index (χ4v) is 1.65. The van der Waals surface area contributed by atoms with E-state index in [1.807, 2.05) is 10.7 Å². The maximum Gasteiger partial charge on any atom is 0.108 e. The number of nitrogens with zero attached hydrogens (tertiary/aromatic N) is 2. The average Bonchev–Trinajstić information content (AvgIpc) is 2.49. The molecule has 1 aliphatic rings. The van der Waals surface area contributed by atoms with Crippen molar-refractivity contribution in [2.75, 3.05) is 6.54 Å². The molecule has 1 atom stereocenters. The normalized spacial score (nSPS) is 19.8. The van der Waals surface area contributed by atoms with E-state index < -0.39 is 6.10 Å². The van der Waals surface area contributed by atoms with E-state index in [9.17, 15) is 5.11 Å². The second-order valence-corrected chi connectivity index (χ2v) is 3.54. The van der Waals surface area contributed by atoms with Crippen molar-refractivity contribution in [2.24, 2.45) is 5.73 Å². The number of nitrogens with two attached hydrogens (primary N) is 1. The Morgan fingerprint density at radius 2 is 2.46 bits per heavy atom. The highest BCUT2D eigenvalue weighted by molar-refractivity contribution is 5.07. The minimum Gasteiger partial charge on any atom is -0.385 e. The van der Waals surface area contributed by atoms with Gasteiger partial charge in [-0.05, 0) is 25.3 Å². The van der Waals surface area contributed by atoms with Crippen LogP contribution >= 0.6 is 0 Å². The van der Waals surface area contributed by atoms with Crippen LogP contribution < -0.4 is 5.73 Å². The molecule has 13 heavy (non-hydrogen) atoms. The van der Waals surface area contributed by atoms with Crippen LogP contribution in [0.3, 0.4) is 0 Å². The second-order valence-electron chi connectivity index (χ2n) is 3.54. The minimum absolute atomic E-state index is 0.262. The van der Waals surface area contributed by atoms with Crippen molar-refractivity contribution >= 4 is 0 Å². The molecule has 72 valence electrons. The third kappa shape index (κ3) is 1.47. The topological polar surface area (TPSA) is 64.1 Å². The molecule has 0 spiro atoms. The zero-order valence-electron chi connectivity index (χ0n) is 7.56. The third-order valence-corrected chi connectivity index (χ3v) is 2.69. The third-order valence-electron chi connectivity index (χ3n) is 2.69. The summed E-state index contributed by atoms with van der Waals surface area (Å²) in [5, 5.41) is 13.8. The summed E-state index contributed by atoms with van der Waals surface area (Å²) in [6, 6.07) is 2.33. The Kier molecular flexibility index (Phi) is 2.33. The predicted octanol–water partition coefficient (Wildman–Crippen LogP) is 0.600. The van der Waals surface area contributed by atoms with Gasteiger partial charge in [-0.25, -0.2) is 0 Å². The van der Waals surface area contributed by atoms with Crippen LogP contribution in [0, 0.1) is 0 Å². The van der Waals surface area contributed by atoms with Gasteiger partial charge in [0.2, 0.25) is 0 Å². The standard InChI is InChI=1S/C9H15N3O/c10-6-9(13)8-4-5-11-12(8)7-2-1-3-7/h4-5,7,9,13H,1-3,6,10H2. The lowest BCUT2D eigenvalue weighted by atomic mass is 9.93. The maximum absolute atomic E-state index is 9.58. The van der Waals surface area contributed by atoms with Gasteiger partial charge in [0.15, 0.2) is 0 Å². The van der Waals surface area contributed by atoms with Gasteiger partial charge in [0.25, 0.3) is 0 Å². The highest BCUT2D eigenvalue weighted by atomic mass is 16.3. The van der Waals surface area contributed by atoms with Gasteiger partial charge in [-0.1, -0.05) is 0 Å². The summed E-state index contributed by atoms with van der Waals surface area (Å²) in [5.41, 5.74) is 6.25. The first kappa shape index (κ1) is 8.72. The highest BCUT2D eigenvalue weighted by Crippen LogP contribution is 2.32. The molecule has 1 aromatic heterocycles. The van der Waals surface area contributed by atoms with E-state index in [0.29, 0.717) is 6.04 Å². The van der Waals surface area contributed by atoms with Gasteiger partial charge in [-0.15, -0.1) is 0 Å². The SMILES string of the molecule is NCC(O)c1ccnn1C1CCC1. The van der Waals surface area contributed by atoms with Crippen LogP contribution in [0.25, 0.3) is 0 Å². The molecular weight excluding hydrogens is 166 g/mol. The summed E-state index contributed by atoms with van der Waals surface area (Å²) in [5.74, 6) is 0. The predicted molar refractivity (Wildman–Crippen MR) is 49.1 cm³/mol. The molecule has 0 bridgehead atoms. The highest BCUT2D eigenvalue weighted by Gasteiger charge is 2.23. The van der Waals surface area contributed by atoms with Gasteiger partial charge >= 0.3 is 0 Å². The summed E-state index contributed by atoms with van der Waals surface area (Å²) in [7, 11) is 0. The van der Waals surface area contributed by atoms with Crippen molar-refractivity contribution in [3.05, 3.63) is 18.0 Å². The molecule has 4 heteroatoms. The molecule has 0 amide bonds. The second kappa shape index (κ2) is 3.47. The van der Waals surface area contributed by atoms with E-state index >= 15 is 0 Å². The van der Waals surface area contributed by atoms with E-state index in [4.69, 9.17) is 5.73 Å². The van der Waals surface area contributed by atoms with Crippen molar-refractivity contribution in [2.45, 2.75) is 31.4 Å². The molecule has 1 aromatic rings. The van der Waals surface area contributed by atoms with Crippen LogP contribution in [-0.4, -0.2) is 21.4 Å². The van der Waals surface area contributed by atoms with Gasteiger partial charge in [-0.2, -0.15) is 5.10 Å². The lowest BCUT2D eigenvalue weighted by Crippen LogP contribution is -2.23. The van der Waals surface area contributed by atoms with E-state index in [0.717, 1.165) is 5.69 Å². The van der Waals surface area contributed by atoms with Crippen molar-refractivity contribution in [3.63, 3.8) is 0 Å². The van der Waals surface area contributed by atoms with Gasteiger partial charge in [0, 0.05) is 12.7 Å². The van der Waals surface area contributed by atoms with E-state index in [1.54, 1.807) is 6.20 Å². The molecule has 0 saturated heterocycles. The number of hydrogen-bond acceptors (Lipinski definition) is 3. The molecule has 1 aliphatic carbocycles. The number of rotatable bonds is 3. The van der Waals surface area contributed by atoms with Gasteiger partial charge in [-0.3, -0.25) is 4.68 Å². The molecule has 1 fully saturated rings. The summed E-state index contributed by atoms with van der Waals surface area (Å²) >= 11 is 0. The van der Waals surface area contributed by atoms with Crippen LogP contribution in [0.2, 0.25) is 0 Å². The Bertz CT molecular complexity index is 261. The quantitative estimate of drug-likeness (QED) is 0.717. The van der Waals surface area contributed by atoms with E-state index in [-0.39, 0.29) is 6.54 Å². The molecule has 1 heterocycles. The Morgan fingerprint density at radius 3 is 3.00 bits per heavy atom. The summed E-state index contributed by atoms with van der Waals surface area (Å²) in [6.45, 7) is 0.262. The summed E-state index contributed by atoms with van der Waals surface area (Å²) in [4.78, 5) is 0. The number of aliphatic hydroxyl groups is 1. The number of aliphatic hydroxyl groups excluding tert-OH is 1. The fourth-order valence-electron chi connectivity index (χ4n) is 1.65. The monoisotopic (exact) mass is 181 g/mol. The zero-order chi connectivity index (χ0) is 9.26. The Balaban J connectivity index is 2.19. The first-order valence-corrected chi connectivity index (χ1v) is 4.74. The summed E-state index contributed by atoms with van der Waals surface area (Å²) < 4.78 is 1.92. The lowest BCUT2D eigenvalue weighted by molar-refractivity contribution is 0.162. The van der Waals surface area contributed by atoms with Crippen LogP contribution in [0.5, 0.6) is 0 Å². The van der Waals surface area contributed by atoms with Crippen molar-refractivity contribution in [1.29, 1.82) is 0 Å². The van der Waals surface area contributed by atoms with Gasteiger partial charge in [0.1, 0.15) is 6.10 Å². The molecule has 3 N–H and O–H groups in total. The molecule has 1 unspecified atom stereocenters. The smallest absolute Gasteiger partial charge is 0.108 e.